The molecule has 0 aliphatic carbocycles. The van der Waals surface area contributed by atoms with Crippen molar-refractivity contribution in [3.63, 3.8) is 0 Å². The van der Waals surface area contributed by atoms with Crippen molar-refractivity contribution in [3.8, 4) is 5.75 Å². The van der Waals surface area contributed by atoms with Crippen LogP contribution >= 0.6 is 0 Å². The van der Waals surface area contributed by atoms with Crippen LogP contribution in [0.2, 0.25) is 0 Å². The predicted molar refractivity (Wildman–Crippen MR) is 137 cm³/mol. The minimum Gasteiger partial charge on any atom is -0.497 e. The number of hydrogen-bond donors (Lipinski definition) is 1. The number of sulfonamides is 1. The van der Waals surface area contributed by atoms with Gasteiger partial charge < -0.3 is 15.0 Å². The molecule has 192 valence electrons. The largest absolute Gasteiger partial charge is 0.497 e. The topological polar surface area (TPSA) is 96.0 Å². The van der Waals surface area contributed by atoms with Crippen molar-refractivity contribution in [2.75, 3.05) is 20.7 Å². The van der Waals surface area contributed by atoms with Crippen molar-refractivity contribution in [1.82, 2.24) is 14.5 Å². The summed E-state index contributed by atoms with van der Waals surface area (Å²) in [5.41, 5.74) is 1.74. The maximum absolute atomic E-state index is 13.5. The molecule has 0 radical (unpaired) electrons. The van der Waals surface area contributed by atoms with Crippen LogP contribution in [0.15, 0.2) is 53.4 Å². The highest BCUT2D eigenvalue weighted by molar-refractivity contribution is 7.89. The Balaban J connectivity index is 2.32. The Morgan fingerprint density at radius 3 is 2.11 bits per heavy atom. The van der Waals surface area contributed by atoms with Gasteiger partial charge in [0, 0.05) is 19.6 Å². The number of nitrogens with one attached hydrogen (secondary N) is 1. The Morgan fingerprint density at radius 1 is 1.00 bits per heavy atom. The zero-order valence-electron chi connectivity index (χ0n) is 21.4. The molecule has 0 aliphatic heterocycles. The molecule has 2 atom stereocenters. The van der Waals surface area contributed by atoms with E-state index in [0.29, 0.717) is 12.2 Å². The maximum atomic E-state index is 13.5. The summed E-state index contributed by atoms with van der Waals surface area (Å²) in [7, 11) is -0.928. The molecule has 2 aromatic rings. The molecule has 0 aromatic heterocycles. The molecule has 0 aliphatic rings. The average Bonchev–Trinajstić information content (AvgIpc) is 2.84. The van der Waals surface area contributed by atoms with E-state index in [9.17, 15) is 18.0 Å². The van der Waals surface area contributed by atoms with E-state index in [1.165, 1.54) is 24.1 Å². The van der Waals surface area contributed by atoms with E-state index in [0.717, 1.165) is 21.9 Å². The first-order chi connectivity index (χ1) is 16.5. The third-order valence-electron chi connectivity index (χ3n) is 5.99. The predicted octanol–water partition coefficient (Wildman–Crippen LogP) is 3.35. The minimum absolute atomic E-state index is 0.0425. The zero-order chi connectivity index (χ0) is 26.2. The van der Waals surface area contributed by atoms with E-state index in [1.54, 1.807) is 31.4 Å². The molecule has 9 heteroatoms. The molecular weight excluding hydrogens is 466 g/mol. The van der Waals surface area contributed by atoms with Crippen molar-refractivity contribution >= 4 is 21.8 Å². The van der Waals surface area contributed by atoms with E-state index in [-0.39, 0.29) is 29.9 Å². The van der Waals surface area contributed by atoms with Crippen LogP contribution < -0.4 is 10.1 Å². The number of ether oxygens (including phenoxy) is 1. The Bertz CT molecular complexity index is 1080. The van der Waals surface area contributed by atoms with Crippen LogP contribution in [0.25, 0.3) is 0 Å². The molecule has 0 saturated heterocycles. The number of hydrogen-bond acceptors (Lipinski definition) is 5. The fourth-order valence-corrected chi connectivity index (χ4v) is 4.67. The fourth-order valence-electron chi connectivity index (χ4n) is 3.54. The summed E-state index contributed by atoms with van der Waals surface area (Å²) in [5, 5.41) is 2.95. The molecule has 35 heavy (non-hydrogen) atoms. The second-order valence-corrected chi connectivity index (χ2v) is 10.7. The van der Waals surface area contributed by atoms with Crippen LogP contribution in [0.3, 0.4) is 0 Å². The Morgan fingerprint density at radius 2 is 1.60 bits per heavy atom. The number of carbonyl (C=O) groups excluding carboxylic acids is 2. The van der Waals surface area contributed by atoms with Gasteiger partial charge in [-0.15, -0.1) is 0 Å². The van der Waals surface area contributed by atoms with Crippen molar-refractivity contribution < 1.29 is 22.7 Å². The van der Waals surface area contributed by atoms with Gasteiger partial charge in [0.25, 0.3) is 0 Å². The number of nitrogens with zero attached hydrogens (tertiary/aromatic N) is 2. The summed E-state index contributed by atoms with van der Waals surface area (Å²) in [6.07, 6.45) is 1.14. The van der Waals surface area contributed by atoms with Gasteiger partial charge in [0.2, 0.25) is 21.8 Å². The van der Waals surface area contributed by atoms with Crippen LogP contribution in [-0.2, 0) is 26.2 Å². The minimum atomic E-state index is -3.87. The van der Waals surface area contributed by atoms with Crippen molar-refractivity contribution in [2.45, 2.75) is 64.1 Å². The molecule has 2 aromatic carbocycles. The second-order valence-electron chi connectivity index (χ2n) is 8.69. The zero-order valence-corrected chi connectivity index (χ0v) is 22.3. The number of methoxy groups -OCH3 is 1. The standard InChI is InChI=1S/C26H37N3O5S/c1-7-20(4)27-26(31)24(8-2)29(17-21-11-13-22(34-6)14-12-21)25(30)18-28(5)35(32,33)23-15-9-19(3)10-16-23/h9-16,20,24H,7-8,17-18H2,1-6H3,(H,27,31)/t20-,24+/m0/s1. The van der Waals surface area contributed by atoms with E-state index in [4.69, 9.17) is 4.74 Å². The summed E-state index contributed by atoms with van der Waals surface area (Å²) >= 11 is 0. The van der Waals surface area contributed by atoms with Gasteiger partial charge in [0.05, 0.1) is 18.6 Å². The SMILES string of the molecule is CC[C@H](C(=O)N[C@@H](C)CC)N(Cc1ccc(OC)cc1)C(=O)CN(C)S(=O)(=O)c1ccc(C)cc1. The lowest BCUT2D eigenvalue weighted by atomic mass is 10.1. The van der Waals surface area contributed by atoms with Gasteiger partial charge in [-0.2, -0.15) is 4.31 Å². The first-order valence-electron chi connectivity index (χ1n) is 11.8. The summed E-state index contributed by atoms with van der Waals surface area (Å²) in [6.45, 7) is 7.35. The van der Waals surface area contributed by atoms with Gasteiger partial charge in [-0.25, -0.2) is 8.42 Å². The maximum Gasteiger partial charge on any atom is 0.243 e. The Kier molecular flexibility index (Phi) is 10.3. The average molecular weight is 504 g/mol. The molecular formula is C26H37N3O5S. The fraction of sp³-hybridized carbons (Fsp3) is 0.462. The number of benzene rings is 2. The normalized spacial score (nSPS) is 13.2. The Hall–Kier alpha value is -2.91. The molecule has 0 unspecified atom stereocenters. The summed E-state index contributed by atoms with van der Waals surface area (Å²) < 4.78 is 32.3. The molecule has 2 rings (SSSR count). The molecule has 0 bridgehead atoms. The van der Waals surface area contributed by atoms with Gasteiger partial charge >= 0.3 is 0 Å². The van der Waals surface area contributed by atoms with Crippen molar-refractivity contribution in [1.29, 1.82) is 0 Å². The molecule has 1 N–H and O–H groups in total. The summed E-state index contributed by atoms with van der Waals surface area (Å²) in [6, 6.07) is 12.9. The van der Waals surface area contributed by atoms with Crippen LogP contribution in [-0.4, -0.2) is 62.2 Å². The van der Waals surface area contributed by atoms with Gasteiger partial charge in [-0.05, 0) is 56.5 Å². The lowest BCUT2D eigenvalue weighted by Gasteiger charge is -2.32. The molecule has 2 amide bonds. The molecule has 8 nitrogen and oxygen atoms in total. The second kappa shape index (κ2) is 12.7. The van der Waals surface area contributed by atoms with Crippen LogP contribution in [0.5, 0.6) is 5.75 Å². The number of rotatable bonds is 12. The number of aryl methyl sites for hydroxylation is 1. The van der Waals surface area contributed by atoms with E-state index in [1.807, 2.05) is 39.8 Å². The van der Waals surface area contributed by atoms with Crippen LogP contribution in [0, 0.1) is 6.92 Å². The van der Waals surface area contributed by atoms with Crippen LogP contribution in [0.4, 0.5) is 0 Å². The highest BCUT2D eigenvalue weighted by atomic mass is 32.2. The summed E-state index contributed by atoms with van der Waals surface area (Å²) in [5.74, 6) is -0.0324. The Labute approximate surface area is 209 Å². The van der Waals surface area contributed by atoms with Gasteiger partial charge in [-0.1, -0.05) is 43.7 Å². The quantitative estimate of drug-likeness (QED) is 0.479. The lowest BCUT2D eigenvalue weighted by Crippen LogP contribution is -2.53. The molecule has 0 fully saturated rings. The third-order valence-corrected chi connectivity index (χ3v) is 7.80. The highest BCUT2D eigenvalue weighted by Crippen LogP contribution is 2.19. The lowest BCUT2D eigenvalue weighted by molar-refractivity contribution is -0.141. The first kappa shape index (κ1) is 28.3. The van der Waals surface area contributed by atoms with Crippen molar-refractivity contribution in [3.05, 3.63) is 59.7 Å². The summed E-state index contributed by atoms with van der Waals surface area (Å²) in [4.78, 5) is 28.1. The molecule has 0 spiro atoms. The number of likely N-dealkylation sites (N-methyl/N-ethyl adjacent to an activating group) is 1. The van der Waals surface area contributed by atoms with Gasteiger partial charge in [0.15, 0.2) is 0 Å². The van der Waals surface area contributed by atoms with E-state index < -0.39 is 22.0 Å². The van der Waals surface area contributed by atoms with Crippen molar-refractivity contribution in [2.24, 2.45) is 0 Å². The van der Waals surface area contributed by atoms with E-state index in [2.05, 4.69) is 5.32 Å². The van der Waals surface area contributed by atoms with Gasteiger partial charge in [-0.3, -0.25) is 9.59 Å². The van der Waals surface area contributed by atoms with E-state index >= 15 is 0 Å². The monoisotopic (exact) mass is 503 g/mol. The molecule has 0 heterocycles. The third kappa shape index (κ3) is 7.53. The van der Waals surface area contributed by atoms with Gasteiger partial charge in [0.1, 0.15) is 11.8 Å². The molecule has 0 saturated carbocycles. The highest BCUT2D eigenvalue weighted by Gasteiger charge is 2.32. The first-order valence-corrected chi connectivity index (χ1v) is 13.2. The smallest absolute Gasteiger partial charge is 0.243 e. The number of carbonyl (C=O) groups is 2. The number of amides is 2. The van der Waals surface area contributed by atoms with Crippen LogP contribution in [0.1, 0.15) is 44.7 Å².